The Morgan fingerprint density at radius 2 is 0.818 bits per heavy atom. The predicted octanol–water partition coefficient (Wildman–Crippen LogP) is 8.43. The minimum atomic E-state index is 0. The first-order valence-electron chi connectivity index (χ1n) is 9.75. The molecule has 0 aliphatic rings. The van der Waals surface area contributed by atoms with Gasteiger partial charge in [0.15, 0.2) is 0 Å². The van der Waals surface area contributed by atoms with Crippen LogP contribution >= 0.6 is 11.6 Å². The van der Waals surface area contributed by atoms with Crippen molar-refractivity contribution >= 4 is 11.6 Å². The molecule has 0 fully saturated rings. The van der Waals surface area contributed by atoms with E-state index in [-0.39, 0.29) is 11.0 Å². The summed E-state index contributed by atoms with van der Waals surface area (Å²) < 4.78 is 0. The molecule has 0 aliphatic carbocycles. The van der Waals surface area contributed by atoms with Crippen molar-refractivity contribution in [3.63, 3.8) is 0 Å². The second kappa shape index (κ2) is 17.6. The molecule has 0 amide bonds. The number of hydrogen-bond acceptors (Lipinski definition) is 1. The van der Waals surface area contributed by atoms with Crippen LogP contribution in [0.5, 0.6) is 0 Å². The average Bonchev–Trinajstić information content (AvgIpc) is 2.42. The summed E-state index contributed by atoms with van der Waals surface area (Å²) in [6.07, 6.45) is 22.6. The second-order valence-electron chi connectivity index (χ2n) is 7.42. The van der Waals surface area contributed by atoms with E-state index < -0.39 is 0 Å². The fourth-order valence-corrected chi connectivity index (χ4v) is 3.05. The van der Waals surface area contributed by atoms with Crippen molar-refractivity contribution < 1.29 is 0 Å². The van der Waals surface area contributed by atoms with E-state index in [1.807, 2.05) is 0 Å². The van der Waals surface area contributed by atoms with Gasteiger partial charge in [0.1, 0.15) is 0 Å². The van der Waals surface area contributed by atoms with Crippen molar-refractivity contribution in [2.75, 3.05) is 0 Å². The Morgan fingerprint density at radius 3 is 1.09 bits per heavy atom. The lowest BCUT2D eigenvalue weighted by Gasteiger charge is -2.14. The van der Waals surface area contributed by atoms with Gasteiger partial charge >= 0.3 is 0 Å². The summed E-state index contributed by atoms with van der Waals surface area (Å²) in [4.78, 5) is 0.0105. The summed E-state index contributed by atoms with van der Waals surface area (Å²) in [5.41, 5.74) is 0. The Labute approximate surface area is 146 Å². The van der Waals surface area contributed by atoms with Crippen LogP contribution in [0.3, 0.4) is 0 Å². The molecule has 0 saturated heterocycles. The Kier molecular flexibility index (Phi) is 19.6. The molecule has 3 N–H and O–H groups in total. The quantitative estimate of drug-likeness (QED) is 0.223. The van der Waals surface area contributed by atoms with Gasteiger partial charge in [0.25, 0.3) is 0 Å². The molecule has 0 rings (SSSR count). The molecule has 0 spiro atoms. The van der Waals surface area contributed by atoms with Crippen LogP contribution < -0.4 is 6.15 Å². The molecular weight excluding hydrogens is 290 g/mol. The van der Waals surface area contributed by atoms with E-state index in [0.717, 1.165) is 6.42 Å². The third-order valence-electron chi connectivity index (χ3n) is 4.37. The lowest BCUT2D eigenvalue weighted by atomic mass is 10.0. The highest BCUT2D eigenvalue weighted by Gasteiger charge is 2.11. The number of rotatable bonds is 16. The van der Waals surface area contributed by atoms with Crippen molar-refractivity contribution in [1.82, 2.24) is 6.15 Å². The zero-order chi connectivity index (χ0) is 15.8. The SMILES string of the molecule is CCCCCCCCCCCCCCCCCC(C)(C)Cl.N. The van der Waals surface area contributed by atoms with E-state index in [1.54, 1.807) is 0 Å². The number of halogens is 1. The van der Waals surface area contributed by atoms with Gasteiger partial charge in [-0.15, -0.1) is 11.6 Å². The maximum absolute atomic E-state index is 6.19. The predicted molar refractivity (Wildman–Crippen MR) is 105 cm³/mol. The van der Waals surface area contributed by atoms with Crippen LogP contribution in [0.15, 0.2) is 0 Å². The lowest BCUT2D eigenvalue weighted by Crippen LogP contribution is -2.08. The third kappa shape index (κ3) is 22.5. The van der Waals surface area contributed by atoms with Gasteiger partial charge in [-0.25, -0.2) is 0 Å². The summed E-state index contributed by atoms with van der Waals surface area (Å²) in [6.45, 7) is 6.54. The van der Waals surface area contributed by atoms with E-state index in [2.05, 4.69) is 20.8 Å². The van der Waals surface area contributed by atoms with Gasteiger partial charge in [-0.05, 0) is 20.3 Å². The fourth-order valence-electron chi connectivity index (χ4n) is 2.92. The van der Waals surface area contributed by atoms with Gasteiger partial charge in [-0.2, -0.15) is 0 Å². The van der Waals surface area contributed by atoms with Crippen molar-refractivity contribution in [2.24, 2.45) is 0 Å². The van der Waals surface area contributed by atoms with Crippen molar-refractivity contribution in [1.29, 1.82) is 0 Å². The van der Waals surface area contributed by atoms with Crippen LogP contribution in [-0.2, 0) is 0 Å². The number of alkyl halides is 1. The summed E-state index contributed by atoms with van der Waals surface area (Å²) in [6, 6.07) is 0. The molecule has 0 heterocycles. The first kappa shape index (κ1) is 24.5. The Balaban J connectivity index is 0. The minimum absolute atomic E-state index is 0. The molecule has 0 radical (unpaired) electrons. The summed E-state index contributed by atoms with van der Waals surface area (Å²) in [5.74, 6) is 0. The van der Waals surface area contributed by atoms with Crippen molar-refractivity contribution in [2.45, 2.75) is 128 Å². The van der Waals surface area contributed by atoms with Crippen molar-refractivity contribution in [3.8, 4) is 0 Å². The summed E-state index contributed by atoms with van der Waals surface area (Å²) >= 11 is 6.19. The van der Waals surface area contributed by atoms with Crippen LogP contribution in [0.2, 0.25) is 0 Å². The monoisotopic (exact) mass is 333 g/mol. The third-order valence-corrected chi connectivity index (χ3v) is 4.56. The molecule has 22 heavy (non-hydrogen) atoms. The van der Waals surface area contributed by atoms with Gasteiger partial charge in [0.05, 0.1) is 0 Å². The van der Waals surface area contributed by atoms with E-state index in [4.69, 9.17) is 11.6 Å². The molecule has 0 aromatic carbocycles. The van der Waals surface area contributed by atoms with Gasteiger partial charge in [0, 0.05) is 4.87 Å². The van der Waals surface area contributed by atoms with Gasteiger partial charge in [-0.3, -0.25) is 0 Å². The van der Waals surface area contributed by atoms with Crippen molar-refractivity contribution in [3.05, 3.63) is 0 Å². The maximum atomic E-state index is 6.19. The number of unbranched alkanes of at least 4 members (excludes halogenated alkanes) is 14. The fraction of sp³-hybridized carbons (Fsp3) is 1.00. The topological polar surface area (TPSA) is 35.0 Å². The minimum Gasteiger partial charge on any atom is -0.344 e. The molecule has 0 atom stereocenters. The lowest BCUT2D eigenvalue weighted by molar-refractivity contribution is 0.515. The first-order valence-corrected chi connectivity index (χ1v) is 10.1. The van der Waals surface area contributed by atoms with E-state index in [0.29, 0.717) is 0 Å². The highest BCUT2D eigenvalue weighted by atomic mass is 35.5. The highest BCUT2D eigenvalue weighted by molar-refractivity contribution is 6.23. The van der Waals surface area contributed by atoms with Crippen LogP contribution in [0.1, 0.15) is 124 Å². The molecule has 0 bridgehead atoms. The smallest absolute Gasteiger partial charge is 0.0390 e. The molecular formula is C20H44ClN. The zero-order valence-electron chi connectivity index (χ0n) is 15.9. The Morgan fingerprint density at radius 1 is 0.545 bits per heavy atom. The normalized spacial score (nSPS) is 11.5. The van der Waals surface area contributed by atoms with Gasteiger partial charge in [-0.1, -0.05) is 103 Å². The molecule has 0 unspecified atom stereocenters. The molecule has 0 saturated carbocycles. The van der Waals surface area contributed by atoms with Gasteiger partial charge in [0.2, 0.25) is 0 Å². The standard InChI is InChI=1S/C20H41Cl.H3N/c1-4-5-6-7-8-9-10-11-12-13-14-15-16-17-18-19-20(2,3)21;/h4-19H2,1-3H3;1H3. The molecule has 1 nitrogen and oxygen atoms in total. The maximum Gasteiger partial charge on any atom is 0.0390 e. The highest BCUT2D eigenvalue weighted by Crippen LogP contribution is 2.21. The first-order chi connectivity index (χ1) is 10.1. The van der Waals surface area contributed by atoms with E-state index in [1.165, 1.54) is 96.3 Å². The summed E-state index contributed by atoms with van der Waals surface area (Å²) in [5, 5.41) is 0. The second-order valence-corrected chi connectivity index (χ2v) is 8.44. The number of hydrogen-bond donors (Lipinski definition) is 1. The largest absolute Gasteiger partial charge is 0.344 e. The zero-order valence-corrected chi connectivity index (χ0v) is 16.7. The van der Waals surface area contributed by atoms with E-state index >= 15 is 0 Å². The molecule has 0 aliphatic heterocycles. The average molecular weight is 334 g/mol. The van der Waals surface area contributed by atoms with Crippen LogP contribution in [-0.4, -0.2) is 4.87 Å². The molecule has 136 valence electrons. The Bertz CT molecular complexity index is 198. The Hall–Kier alpha value is 0.250. The van der Waals surface area contributed by atoms with E-state index in [9.17, 15) is 0 Å². The van der Waals surface area contributed by atoms with Crippen LogP contribution in [0, 0.1) is 0 Å². The molecule has 0 aromatic heterocycles. The van der Waals surface area contributed by atoms with Crippen LogP contribution in [0.4, 0.5) is 0 Å². The molecule has 2 heteroatoms. The van der Waals surface area contributed by atoms with Gasteiger partial charge < -0.3 is 6.15 Å². The summed E-state index contributed by atoms with van der Waals surface area (Å²) in [7, 11) is 0. The van der Waals surface area contributed by atoms with Crippen LogP contribution in [0.25, 0.3) is 0 Å². The molecule has 0 aromatic rings.